The summed E-state index contributed by atoms with van der Waals surface area (Å²) in [5, 5.41) is 2.42. The molecule has 0 aliphatic heterocycles. The summed E-state index contributed by atoms with van der Waals surface area (Å²) in [6, 6.07) is 18.3. The second-order valence-electron chi connectivity index (χ2n) is 5.40. The standard InChI is InChI=1S/C20H16N2O/c1-23-15-9-6-14(7-10-15)8-11-19-20-17(12-13-21-19)16-4-2-3-5-18(16)22-20/h2-13,22H,1H3/b11-8-. The molecule has 0 radical (unpaired) electrons. The van der Waals surface area contributed by atoms with Crippen molar-refractivity contribution in [2.24, 2.45) is 0 Å². The lowest BCUT2D eigenvalue weighted by molar-refractivity contribution is 0.415. The van der Waals surface area contributed by atoms with Crippen LogP contribution in [-0.4, -0.2) is 17.1 Å². The van der Waals surface area contributed by atoms with Gasteiger partial charge in [-0.05, 0) is 35.9 Å². The number of hydrogen-bond donors (Lipinski definition) is 1. The van der Waals surface area contributed by atoms with Crippen LogP contribution in [-0.2, 0) is 0 Å². The molecule has 112 valence electrons. The van der Waals surface area contributed by atoms with Crippen molar-refractivity contribution in [2.45, 2.75) is 0 Å². The van der Waals surface area contributed by atoms with Crippen LogP contribution in [0.25, 0.3) is 34.0 Å². The van der Waals surface area contributed by atoms with Gasteiger partial charge in [0.15, 0.2) is 0 Å². The van der Waals surface area contributed by atoms with E-state index in [0.717, 1.165) is 28.0 Å². The number of methoxy groups -OCH3 is 1. The molecule has 0 amide bonds. The third-order valence-corrected chi connectivity index (χ3v) is 4.01. The van der Waals surface area contributed by atoms with E-state index in [0.29, 0.717) is 0 Å². The zero-order chi connectivity index (χ0) is 15.6. The molecular formula is C20H16N2O. The van der Waals surface area contributed by atoms with Crippen LogP contribution in [0.4, 0.5) is 0 Å². The molecule has 3 heteroatoms. The van der Waals surface area contributed by atoms with E-state index in [1.165, 1.54) is 10.8 Å². The second-order valence-corrected chi connectivity index (χ2v) is 5.40. The molecule has 4 aromatic rings. The summed E-state index contributed by atoms with van der Waals surface area (Å²) in [6.45, 7) is 0. The minimum atomic E-state index is 0.859. The third-order valence-electron chi connectivity index (χ3n) is 4.01. The van der Waals surface area contributed by atoms with Crippen LogP contribution in [0, 0.1) is 0 Å². The molecule has 3 nitrogen and oxygen atoms in total. The van der Waals surface area contributed by atoms with Gasteiger partial charge in [0, 0.05) is 22.5 Å². The van der Waals surface area contributed by atoms with Crippen LogP contribution < -0.4 is 4.74 Å². The Morgan fingerprint density at radius 3 is 2.57 bits per heavy atom. The first kappa shape index (κ1) is 13.6. The summed E-state index contributed by atoms with van der Waals surface area (Å²) in [5.74, 6) is 0.859. The monoisotopic (exact) mass is 300 g/mol. The Kier molecular flexibility index (Phi) is 3.31. The van der Waals surface area contributed by atoms with Gasteiger partial charge in [0.2, 0.25) is 0 Å². The van der Waals surface area contributed by atoms with E-state index in [-0.39, 0.29) is 0 Å². The molecule has 0 unspecified atom stereocenters. The lowest BCUT2D eigenvalue weighted by atomic mass is 10.1. The number of nitrogens with one attached hydrogen (secondary N) is 1. The number of rotatable bonds is 3. The fraction of sp³-hybridized carbons (Fsp3) is 0.0500. The first-order chi connectivity index (χ1) is 11.3. The molecule has 2 heterocycles. The Hall–Kier alpha value is -3.07. The average Bonchev–Trinajstić information content (AvgIpc) is 3.00. The number of hydrogen-bond acceptors (Lipinski definition) is 2. The van der Waals surface area contributed by atoms with Gasteiger partial charge in [-0.15, -0.1) is 0 Å². The lowest BCUT2D eigenvalue weighted by Crippen LogP contribution is -1.83. The Balaban J connectivity index is 1.77. The zero-order valence-corrected chi connectivity index (χ0v) is 12.8. The highest BCUT2D eigenvalue weighted by Gasteiger charge is 2.06. The molecule has 0 atom stereocenters. The van der Waals surface area contributed by atoms with E-state index in [4.69, 9.17) is 4.74 Å². The quantitative estimate of drug-likeness (QED) is 0.584. The third kappa shape index (κ3) is 2.46. The number of para-hydroxylation sites is 1. The molecule has 4 rings (SSSR count). The molecule has 2 aromatic carbocycles. The molecule has 0 saturated carbocycles. The van der Waals surface area contributed by atoms with E-state index in [1.54, 1.807) is 7.11 Å². The smallest absolute Gasteiger partial charge is 0.118 e. The van der Waals surface area contributed by atoms with E-state index in [9.17, 15) is 0 Å². The number of ether oxygens (including phenoxy) is 1. The van der Waals surface area contributed by atoms with Gasteiger partial charge in [-0.2, -0.15) is 0 Å². The van der Waals surface area contributed by atoms with Gasteiger partial charge in [-0.1, -0.05) is 36.4 Å². The maximum absolute atomic E-state index is 5.18. The van der Waals surface area contributed by atoms with Gasteiger partial charge in [-0.3, -0.25) is 4.98 Å². The molecule has 0 fully saturated rings. The zero-order valence-electron chi connectivity index (χ0n) is 12.8. The Bertz CT molecular complexity index is 997. The maximum Gasteiger partial charge on any atom is 0.118 e. The van der Waals surface area contributed by atoms with Gasteiger partial charge < -0.3 is 9.72 Å². The minimum absolute atomic E-state index is 0.859. The van der Waals surface area contributed by atoms with Gasteiger partial charge in [0.05, 0.1) is 18.3 Å². The van der Waals surface area contributed by atoms with Crippen molar-refractivity contribution in [3.63, 3.8) is 0 Å². The largest absolute Gasteiger partial charge is 0.497 e. The highest BCUT2D eigenvalue weighted by Crippen LogP contribution is 2.27. The second kappa shape index (κ2) is 5.61. The summed E-state index contributed by atoms with van der Waals surface area (Å²) in [6.07, 6.45) is 5.96. The normalized spacial score (nSPS) is 11.5. The van der Waals surface area contributed by atoms with Crippen LogP contribution >= 0.6 is 0 Å². The van der Waals surface area contributed by atoms with Gasteiger partial charge in [0.1, 0.15) is 5.75 Å². The summed E-state index contributed by atoms with van der Waals surface area (Å²) in [7, 11) is 1.67. The molecule has 2 aromatic heterocycles. The molecule has 0 saturated heterocycles. The summed E-state index contributed by atoms with van der Waals surface area (Å²) >= 11 is 0. The van der Waals surface area contributed by atoms with E-state index in [1.807, 2.05) is 42.6 Å². The van der Waals surface area contributed by atoms with Crippen molar-refractivity contribution in [3.8, 4) is 5.75 Å². The summed E-state index contributed by atoms with van der Waals surface area (Å²) in [5.41, 5.74) is 4.25. The fourth-order valence-corrected chi connectivity index (χ4v) is 2.81. The summed E-state index contributed by atoms with van der Waals surface area (Å²) in [4.78, 5) is 7.98. The van der Waals surface area contributed by atoms with Gasteiger partial charge in [-0.25, -0.2) is 0 Å². The molecule has 0 aliphatic carbocycles. The van der Waals surface area contributed by atoms with Gasteiger partial charge in [0.25, 0.3) is 0 Å². The number of benzene rings is 2. The lowest BCUT2D eigenvalue weighted by Gasteiger charge is -1.99. The first-order valence-corrected chi connectivity index (χ1v) is 7.53. The number of H-pyrrole nitrogens is 1. The van der Waals surface area contributed by atoms with Crippen LogP contribution in [0.5, 0.6) is 5.75 Å². The molecule has 1 N–H and O–H groups in total. The Labute approximate surface area is 134 Å². The molecule has 23 heavy (non-hydrogen) atoms. The van der Waals surface area contributed by atoms with Crippen molar-refractivity contribution in [2.75, 3.05) is 7.11 Å². The number of fused-ring (bicyclic) bond motifs is 3. The highest BCUT2D eigenvalue weighted by molar-refractivity contribution is 6.09. The SMILES string of the molecule is COc1ccc(/C=C\c2nccc3c2[nH]c2ccccc23)cc1. The van der Waals surface area contributed by atoms with Crippen molar-refractivity contribution >= 4 is 34.0 Å². The molecular weight excluding hydrogens is 284 g/mol. The first-order valence-electron chi connectivity index (χ1n) is 7.53. The number of pyridine rings is 1. The Morgan fingerprint density at radius 1 is 0.913 bits per heavy atom. The van der Waals surface area contributed by atoms with Crippen molar-refractivity contribution < 1.29 is 4.74 Å². The van der Waals surface area contributed by atoms with E-state index < -0.39 is 0 Å². The number of aromatic nitrogens is 2. The van der Waals surface area contributed by atoms with Gasteiger partial charge >= 0.3 is 0 Å². The average molecular weight is 300 g/mol. The predicted octanol–water partition coefficient (Wildman–Crippen LogP) is 4.90. The highest BCUT2D eigenvalue weighted by atomic mass is 16.5. The molecule has 0 aliphatic rings. The molecule has 0 bridgehead atoms. The topological polar surface area (TPSA) is 37.9 Å². The summed E-state index contributed by atoms with van der Waals surface area (Å²) < 4.78 is 5.18. The van der Waals surface area contributed by atoms with Crippen molar-refractivity contribution in [3.05, 3.63) is 72.1 Å². The van der Waals surface area contributed by atoms with Crippen LogP contribution in [0.15, 0.2) is 60.8 Å². The van der Waals surface area contributed by atoms with Crippen LogP contribution in [0.3, 0.4) is 0 Å². The predicted molar refractivity (Wildman–Crippen MR) is 95.5 cm³/mol. The minimum Gasteiger partial charge on any atom is -0.497 e. The van der Waals surface area contributed by atoms with Crippen LogP contribution in [0.1, 0.15) is 11.3 Å². The number of aromatic amines is 1. The van der Waals surface area contributed by atoms with Crippen molar-refractivity contribution in [1.29, 1.82) is 0 Å². The molecule has 0 spiro atoms. The Morgan fingerprint density at radius 2 is 1.74 bits per heavy atom. The van der Waals surface area contributed by atoms with E-state index in [2.05, 4.69) is 40.3 Å². The van der Waals surface area contributed by atoms with E-state index >= 15 is 0 Å². The van der Waals surface area contributed by atoms with Crippen LogP contribution in [0.2, 0.25) is 0 Å². The maximum atomic E-state index is 5.18. The number of nitrogens with zero attached hydrogens (tertiary/aromatic N) is 1. The van der Waals surface area contributed by atoms with Crippen molar-refractivity contribution in [1.82, 2.24) is 9.97 Å². The fourth-order valence-electron chi connectivity index (χ4n) is 2.81.